The Kier molecular flexibility index (Phi) is 4.31. The third kappa shape index (κ3) is 2.93. The van der Waals surface area contributed by atoms with Crippen LogP contribution in [0.1, 0.15) is 22.1 Å². The Morgan fingerprint density at radius 1 is 1.29 bits per heavy atom. The van der Waals surface area contributed by atoms with Crippen molar-refractivity contribution in [3.05, 3.63) is 53.6 Å². The highest BCUT2D eigenvalue weighted by Crippen LogP contribution is 2.38. The van der Waals surface area contributed by atoms with E-state index in [1.165, 1.54) is 11.3 Å². The minimum atomic E-state index is -0.611. The minimum absolute atomic E-state index is 0.611. The summed E-state index contributed by atoms with van der Waals surface area (Å²) < 4.78 is 1.95. The van der Waals surface area contributed by atoms with E-state index in [1.54, 1.807) is 6.07 Å². The number of aliphatic hydroxyl groups excluding tert-OH is 1. The van der Waals surface area contributed by atoms with E-state index >= 15 is 0 Å². The van der Waals surface area contributed by atoms with E-state index in [9.17, 15) is 5.11 Å². The third-order valence-corrected chi connectivity index (χ3v) is 6.00. The van der Waals surface area contributed by atoms with Gasteiger partial charge in [-0.05, 0) is 68.1 Å². The first kappa shape index (κ1) is 13.6. The Morgan fingerprint density at radius 3 is 2.53 bits per heavy atom. The molecule has 1 nitrogen and oxygen atoms in total. The third-order valence-electron chi connectivity index (χ3n) is 2.46. The van der Waals surface area contributed by atoms with Crippen LogP contribution in [0.15, 0.2) is 32.5 Å². The van der Waals surface area contributed by atoms with Gasteiger partial charge in [-0.3, -0.25) is 0 Å². The minimum Gasteiger partial charge on any atom is -0.383 e. The lowest BCUT2D eigenvalue weighted by Gasteiger charge is -2.12. The SMILES string of the molecule is Cc1cc(Cl)ccc1C(O)c1cc(Br)c(Br)s1. The Labute approximate surface area is 126 Å². The van der Waals surface area contributed by atoms with Crippen LogP contribution in [0, 0.1) is 6.92 Å². The highest BCUT2D eigenvalue weighted by atomic mass is 79.9. The molecular formula is C12H9Br2ClOS. The molecule has 0 fully saturated rings. The summed E-state index contributed by atoms with van der Waals surface area (Å²) in [6, 6.07) is 7.44. The van der Waals surface area contributed by atoms with Crippen molar-refractivity contribution in [1.82, 2.24) is 0 Å². The van der Waals surface area contributed by atoms with Gasteiger partial charge in [-0.15, -0.1) is 11.3 Å². The molecule has 0 bridgehead atoms. The Bertz CT molecular complexity index is 534. The van der Waals surface area contributed by atoms with Gasteiger partial charge in [0, 0.05) is 14.4 Å². The van der Waals surface area contributed by atoms with Crippen molar-refractivity contribution >= 4 is 54.8 Å². The molecule has 0 saturated carbocycles. The topological polar surface area (TPSA) is 20.2 Å². The van der Waals surface area contributed by atoms with Gasteiger partial charge in [0.25, 0.3) is 0 Å². The monoisotopic (exact) mass is 394 g/mol. The molecule has 2 rings (SSSR count). The second-order valence-corrected chi connectivity index (χ2v) is 7.37. The van der Waals surface area contributed by atoms with E-state index < -0.39 is 6.10 Å². The van der Waals surface area contributed by atoms with Crippen molar-refractivity contribution in [2.45, 2.75) is 13.0 Å². The standard InChI is InChI=1S/C12H9Br2ClOS/c1-6-4-7(15)2-3-8(6)11(16)10-5-9(13)12(14)17-10/h2-5,11,16H,1H3. The first-order valence-electron chi connectivity index (χ1n) is 4.88. The number of aliphatic hydroxyl groups is 1. The molecule has 1 aromatic carbocycles. The molecule has 0 spiro atoms. The predicted octanol–water partition coefficient (Wildman–Crippen LogP) is 5.32. The van der Waals surface area contributed by atoms with Crippen LogP contribution in [-0.2, 0) is 0 Å². The number of halogens is 3. The highest BCUT2D eigenvalue weighted by Gasteiger charge is 2.16. The fourth-order valence-corrected chi connectivity index (χ4v) is 3.92. The summed E-state index contributed by atoms with van der Waals surface area (Å²) in [4.78, 5) is 0.897. The van der Waals surface area contributed by atoms with Crippen LogP contribution >= 0.6 is 54.8 Å². The zero-order chi connectivity index (χ0) is 12.6. The highest BCUT2D eigenvalue weighted by molar-refractivity contribution is 9.13. The average molecular weight is 397 g/mol. The van der Waals surface area contributed by atoms with E-state index in [-0.39, 0.29) is 0 Å². The summed E-state index contributed by atoms with van der Waals surface area (Å²) >= 11 is 14.3. The van der Waals surface area contributed by atoms with Gasteiger partial charge in [0.1, 0.15) is 6.10 Å². The van der Waals surface area contributed by atoms with Crippen LogP contribution in [0.4, 0.5) is 0 Å². The molecule has 5 heteroatoms. The molecular weight excluding hydrogens is 387 g/mol. The number of benzene rings is 1. The predicted molar refractivity (Wildman–Crippen MR) is 80.0 cm³/mol. The summed E-state index contributed by atoms with van der Waals surface area (Å²) in [5, 5.41) is 11.0. The molecule has 1 heterocycles. The zero-order valence-corrected chi connectivity index (χ0v) is 13.6. The number of rotatable bonds is 2. The van der Waals surface area contributed by atoms with Crippen LogP contribution < -0.4 is 0 Å². The normalized spacial score (nSPS) is 12.8. The van der Waals surface area contributed by atoms with E-state index in [0.717, 1.165) is 24.3 Å². The molecule has 2 aromatic rings. The first-order valence-corrected chi connectivity index (χ1v) is 7.66. The van der Waals surface area contributed by atoms with Gasteiger partial charge >= 0.3 is 0 Å². The Morgan fingerprint density at radius 2 is 2.00 bits per heavy atom. The van der Waals surface area contributed by atoms with Crippen LogP contribution in [0.25, 0.3) is 0 Å². The van der Waals surface area contributed by atoms with Gasteiger partial charge in [-0.25, -0.2) is 0 Å². The van der Waals surface area contributed by atoms with Crippen LogP contribution in [0.2, 0.25) is 5.02 Å². The number of aryl methyl sites for hydroxylation is 1. The summed E-state index contributed by atoms with van der Waals surface area (Å²) in [5.41, 5.74) is 1.88. The molecule has 0 aliphatic carbocycles. The quantitative estimate of drug-likeness (QED) is 0.729. The second kappa shape index (κ2) is 5.41. The van der Waals surface area contributed by atoms with Crippen LogP contribution in [0.5, 0.6) is 0 Å². The van der Waals surface area contributed by atoms with Crippen molar-refractivity contribution < 1.29 is 5.11 Å². The number of hydrogen-bond acceptors (Lipinski definition) is 2. The fourth-order valence-electron chi connectivity index (χ4n) is 1.60. The summed E-state index contributed by atoms with van der Waals surface area (Å²) in [7, 11) is 0. The van der Waals surface area contributed by atoms with Gasteiger partial charge in [-0.2, -0.15) is 0 Å². The van der Waals surface area contributed by atoms with E-state index in [1.807, 2.05) is 25.1 Å². The van der Waals surface area contributed by atoms with Crippen molar-refractivity contribution in [1.29, 1.82) is 0 Å². The van der Waals surface area contributed by atoms with Crippen molar-refractivity contribution in [3.8, 4) is 0 Å². The average Bonchev–Trinajstić information content (AvgIpc) is 2.58. The van der Waals surface area contributed by atoms with Gasteiger partial charge in [0.2, 0.25) is 0 Å². The van der Waals surface area contributed by atoms with Crippen molar-refractivity contribution in [2.75, 3.05) is 0 Å². The summed E-state index contributed by atoms with van der Waals surface area (Å²) in [6.07, 6.45) is -0.611. The van der Waals surface area contributed by atoms with Crippen molar-refractivity contribution in [3.63, 3.8) is 0 Å². The first-order chi connectivity index (χ1) is 7.99. The smallest absolute Gasteiger partial charge is 0.114 e. The van der Waals surface area contributed by atoms with Crippen LogP contribution in [-0.4, -0.2) is 5.11 Å². The molecule has 0 radical (unpaired) electrons. The Hall–Kier alpha value is 0.130. The lowest BCUT2D eigenvalue weighted by molar-refractivity contribution is 0.223. The molecule has 1 atom stereocenters. The lowest BCUT2D eigenvalue weighted by atomic mass is 10.0. The van der Waals surface area contributed by atoms with Gasteiger partial charge in [0.15, 0.2) is 0 Å². The molecule has 0 saturated heterocycles. The molecule has 17 heavy (non-hydrogen) atoms. The molecule has 0 aliphatic rings. The number of thiophene rings is 1. The molecule has 1 aromatic heterocycles. The molecule has 1 unspecified atom stereocenters. The molecule has 0 aliphatic heterocycles. The van der Waals surface area contributed by atoms with E-state index in [4.69, 9.17) is 11.6 Å². The fraction of sp³-hybridized carbons (Fsp3) is 0.167. The van der Waals surface area contributed by atoms with E-state index in [2.05, 4.69) is 31.9 Å². The second-order valence-electron chi connectivity index (χ2n) is 3.67. The Balaban J connectivity index is 2.39. The van der Waals surface area contributed by atoms with Crippen molar-refractivity contribution in [2.24, 2.45) is 0 Å². The number of hydrogen-bond donors (Lipinski definition) is 1. The lowest BCUT2D eigenvalue weighted by Crippen LogP contribution is -1.99. The maximum Gasteiger partial charge on any atom is 0.114 e. The van der Waals surface area contributed by atoms with Crippen LogP contribution in [0.3, 0.4) is 0 Å². The zero-order valence-electron chi connectivity index (χ0n) is 8.88. The summed E-state index contributed by atoms with van der Waals surface area (Å²) in [5.74, 6) is 0. The van der Waals surface area contributed by atoms with E-state index in [0.29, 0.717) is 5.02 Å². The van der Waals surface area contributed by atoms with Gasteiger partial charge < -0.3 is 5.11 Å². The summed E-state index contributed by atoms with van der Waals surface area (Å²) in [6.45, 7) is 1.95. The maximum absolute atomic E-state index is 10.3. The largest absolute Gasteiger partial charge is 0.383 e. The molecule has 0 amide bonds. The molecule has 1 N–H and O–H groups in total. The maximum atomic E-state index is 10.3. The van der Waals surface area contributed by atoms with Gasteiger partial charge in [-0.1, -0.05) is 17.7 Å². The molecule has 90 valence electrons. The van der Waals surface area contributed by atoms with Gasteiger partial charge in [0.05, 0.1) is 3.79 Å².